The van der Waals surface area contributed by atoms with Crippen LogP contribution in [0, 0.1) is 45.3 Å². The van der Waals surface area contributed by atoms with Crippen LogP contribution < -0.4 is 39.5 Å². The molecule has 0 atom stereocenters. The van der Waals surface area contributed by atoms with Gasteiger partial charge in [0.25, 0.3) is 0 Å². The van der Waals surface area contributed by atoms with Gasteiger partial charge in [-0.15, -0.1) is 0 Å². The number of nitrogens with zero attached hydrogens (tertiary/aromatic N) is 16. The summed E-state index contributed by atoms with van der Waals surface area (Å²) in [5.74, 6) is 2.60. The van der Waals surface area contributed by atoms with Crippen molar-refractivity contribution in [3.63, 3.8) is 0 Å². The van der Waals surface area contributed by atoms with Crippen LogP contribution in [0.15, 0.2) is 183 Å². The molecule has 668 valence electrons. The van der Waals surface area contributed by atoms with Gasteiger partial charge < -0.3 is 66.9 Å². The van der Waals surface area contributed by atoms with Gasteiger partial charge in [-0.25, -0.2) is 24.2 Å². The van der Waals surface area contributed by atoms with Crippen LogP contribution in [0.5, 0.6) is 23.0 Å². The summed E-state index contributed by atoms with van der Waals surface area (Å²) < 4.78 is 43.6. The number of anilines is 4. The summed E-state index contributed by atoms with van der Waals surface area (Å²) >= 11 is 0. The normalized spacial score (nSPS) is 14.3. The zero-order chi connectivity index (χ0) is 90.6. The number of aromatic nitrogens is 7. The van der Waals surface area contributed by atoms with E-state index in [9.17, 15) is 45.3 Å². The smallest absolute Gasteiger partial charge is 0.414 e. The van der Waals surface area contributed by atoms with E-state index in [1.165, 1.54) is 58.2 Å². The maximum Gasteiger partial charge on any atom is 0.414 e. The van der Waals surface area contributed by atoms with Crippen molar-refractivity contribution in [3.05, 3.63) is 205 Å². The minimum atomic E-state index is -0.475. The second-order valence-corrected chi connectivity index (χ2v) is 32.2. The lowest BCUT2D eigenvalue weighted by atomic mass is 10.1. The number of nitrogens with one attached hydrogen (secondary N) is 2. The highest BCUT2D eigenvalue weighted by atomic mass is 16.6. The quantitative estimate of drug-likeness (QED) is 0.0278. The number of amides is 5. The molecular formula is C101H108N18O11. The lowest BCUT2D eigenvalue weighted by molar-refractivity contribution is 0.160. The van der Waals surface area contributed by atoms with Crippen LogP contribution in [0.4, 0.5) is 41.9 Å². The van der Waals surface area contributed by atoms with Crippen LogP contribution in [-0.2, 0) is 46.9 Å². The van der Waals surface area contributed by atoms with Gasteiger partial charge in [-0.05, 0) is 218 Å². The molecule has 0 unspecified atom stereocenters. The highest BCUT2D eigenvalue weighted by Gasteiger charge is 2.30. The van der Waals surface area contributed by atoms with E-state index in [-0.39, 0.29) is 24.0 Å². The Morgan fingerprint density at radius 2 is 0.823 bits per heavy atom. The molecule has 29 heteroatoms. The summed E-state index contributed by atoms with van der Waals surface area (Å²) in [4.78, 5) is 61.4. The Kier molecular flexibility index (Phi) is 29.6. The number of benzene rings is 8. The zero-order valence-corrected chi connectivity index (χ0v) is 74.2. The fourth-order valence-corrected chi connectivity index (χ4v) is 17.8. The monoisotopic (exact) mass is 1750 g/mol. The molecule has 5 aliphatic heterocycles. The number of hydrogen-bond donors (Lipinski definition) is 3. The average Bonchev–Trinajstić information content (AvgIpc) is 1.62. The van der Waals surface area contributed by atoms with Crippen molar-refractivity contribution in [2.75, 3.05) is 125 Å². The number of carbonyl (C=O) groups excluding carboxylic acids is 4. The molecule has 29 nitrogen and oxygen atoms in total. The van der Waals surface area contributed by atoms with Crippen LogP contribution in [0.2, 0.25) is 0 Å². The van der Waals surface area contributed by atoms with Crippen LogP contribution in [0.25, 0.3) is 88.6 Å². The lowest BCUT2D eigenvalue weighted by Gasteiger charge is -2.15. The van der Waals surface area contributed by atoms with Crippen LogP contribution >= 0.6 is 0 Å². The van der Waals surface area contributed by atoms with Gasteiger partial charge >= 0.3 is 24.3 Å². The van der Waals surface area contributed by atoms with Gasteiger partial charge in [0.1, 0.15) is 73.1 Å². The van der Waals surface area contributed by atoms with E-state index in [0.717, 1.165) is 188 Å². The molecule has 0 radical (unpaired) electrons. The highest BCUT2D eigenvalue weighted by molar-refractivity contribution is 6.01. The van der Waals surface area contributed by atoms with Crippen molar-refractivity contribution >= 4 is 90.7 Å². The number of rotatable bonds is 30. The lowest BCUT2D eigenvalue weighted by Crippen LogP contribution is -2.27. The van der Waals surface area contributed by atoms with E-state index in [0.29, 0.717) is 107 Å². The van der Waals surface area contributed by atoms with Crippen molar-refractivity contribution < 1.29 is 52.7 Å². The predicted molar refractivity (Wildman–Crippen MR) is 502 cm³/mol. The van der Waals surface area contributed by atoms with Crippen molar-refractivity contribution in [2.24, 2.45) is 0 Å². The number of likely N-dealkylation sites (tertiary alicyclic amines) is 2. The van der Waals surface area contributed by atoms with Crippen LogP contribution in [0.3, 0.4) is 0 Å². The second-order valence-electron chi connectivity index (χ2n) is 32.2. The topological polar surface area (TPSA) is 330 Å². The summed E-state index contributed by atoms with van der Waals surface area (Å²) in [6, 6.07) is 63.0. The van der Waals surface area contributed by atoms with Crippen molar-refractivity contribution in [1.82, 2.24) is 48.1 Å². The van der Waals surface area contributed by atoms with Gasteiger partial charge in [0.05, 0.1) is 107 Å². The fraction of sp³-hybridized carbons (Fsp3) is 0.347. The van der Waals surface area contributed by atoms with Crippen LogP contribution in [0.1, 0.15) is 115 Å². The van der Waals surface area contributed by atoms with Gasteiger partial charge in [0.2, 0.25) is 0 Å². The third-order valence-electron chi connectivity index (χ3n) is 24.2. The number of ether oxygens (including phenoxy) is 6. The Bertz CT molecular complexity index is 6160. The molecule has 8 aromatic carbocycles. The molecule has 5 aromatic heterocycles. The molecule has 5 saturated heterocycles. The molecular weight excluding hydrogens is 1640 g/mol. The molecule has 0 bridgehead atoms. The summed E-state index contributed by atoms with van der Waals surface area (Å²) in [7, 11) is 0. The number of phenolic OH excluding ortho intramolecular Hbond substituents is 1. The molecule has 130 heavy (non-hydrogen) atoms. The molecule has 0 aliphatic carbocycles. The number of fused-ring (bicyclic) bond motifs is 4. The number of urea groups is 1. The predicted octanol–water partition coefficient (Wildman–Crippen LogP) is 19.1. The van der Waals surface area contributed by atoms with E-state index in [1.807, 2.05) is 152 Å². The van der Waals surface area contributed by atoms with Gasteiger partial charge in [0.15, 0.2) is 0 Å². The van der Waals surface area contributed by atoms with Crippen molar-refractivity contribution in [2.45, 2.75) is 125 Å². The maximum atomic E-state index is 12.0. The molecule has 18 rings (SSSR count). The number of nitriles is 4. The molecule has 0 saturated carbocycles. The molecule has 0 spiro atoms. The third kappa shape index (κ3) is 20.1. The Labute approximate surface area is 755 Å². The zero-order valence-electron chi connectivity index (χ0n) is 74.2. The largest absolute Gasteiger partial charge is 0.508 e. The number of carbonyl (C=O) groups is 4. The van der Waals surface area contributed by atoms with Gasteiger partial charge in [-0.1, -0.05) is 61.9 Å². The van der Waals surface area contributed by atoms with E-state index in [4.69, 9.17) is 28.4 Å². The molecule has 3 N–H and O–H groups in total. The number of aromatic hydroxyl groups is 1. The molecule has 5 aliphatic rings. The number of aryl methyl sites for hydroxylation is 5. The molecule has 10 heterocycles. The first-order valence-corrected chi connectivity index (χ1v) is 45.1. The Hall–Kier alpha value is -14.8. The molecule has 13 aromatic rings. The summed E-state index contributed by atoms with van der Waals surface area (Å²) in [5, 5.41) is 62.8. The summed E-state index contributed by atoms with van der Waals surface area (Å²) in [6.45, 7) is 26.4. The summed E-state index contributed by atoms with van der Waals surface area (Å²) in [5.41, 5.74) is 16.5. The first-order chi connectivity index (χ1) is 63.7. The Morgan fingerprint density at radius 3 is 1.17 bits per heavy atom. The van der Waals surface area contributed by atoms with E-state index >= 15 is 0 Å². The first-order valence-electron chi connectivity index (χ1n) is 45.1. The fourth-order valence-electron chi connectivity index (χ4n) is 17.8. The van der Waals surface area contributed by atoms with Crippen LogP contribution in [-0.4, -0.2) is 177 Å². The second kappa shape index (κ2) is 42.7. The minimum Gasteiger partial charge on any atom is -0.508 e. The third-order valence-corrected chi connectivity index (χ3v) is 24.2. The number of hydrogen-bond acceptors (Lipinski definition) is 19. The summed E-state index contributed by atoms with van der Waals surface area (Å²) in [6.07, 6.45) is 12.0. The molecule has 5 amide bonds. The van der Waals surface area contributed by atoms with Gasteiger partial charge in [-0.3, -0.25) is 24.7 Å². The first kappa shape index (κ1) is 90.0. The molecule has 5 fully saturated rings. The Morgan fingerprint density at radius 1 is 0.446 bits per heavy atom. The standard InChI is InChI=1S/C27H31N5O2.C27H30N4O3.C25H24N6O3.C22H23N3O3/c1-2-31-25-18-22(34-17-5-15-30-13-3-4-14-30)10-11-23(25)24(19-28)26(31)20-6-8-21(9-7-20)32-16-12-29-27(32)33;1-2-30-25-18-22(33-16-5-14-29-12-3-4-13-29)10-11-23(25)24(19-28)26(30)20-6-8-21(9-7-20)31-15-17-34-27(31)32;1-2-30-23-14-20(33-12-3-10-29-17-27-16-28-29)8-9-21(23)22(15-26)24(30)18-4-6-19(7-5-18)31-11-13-34-25(31)32;1-3-5-12-28-22(27)24-16-8-6-15(7-9-16)21-19(14-23)18-11-10-17(26)13-20(18)25(21)4-2/h6-11,18H,2-5,12-17H2,1H3,(H,29,33);6-11,18H,2-5,12-17H2,1H3;4-9,14,16-17H,2-3,10-13H2,1H3;6-11,13,26H,3-5,12H2,1-2H3,(H,24,27). The number of unbranched alkanes of at least 4 members (excludes halogenated alkanes) is 1. The maximum absolute atomic E-state index is 12.0. The van der Waals surface area contributed by atoms with E-state index in [2.05, 4.69) is 95.3 Å². The SMILES string of the molecule is CCCCOC(=O)Nc1ccc(-c2c(C#N)c3ccc(O)cc3n2CC)cc1.CCn1c(-c2ccc(N3CCNC3=O)cc2)c(C#N)c2ccc(OCCCN3CCCC3)cc21.CCn1c(-c2ccc(N3CCOC3=O)cc2)c(C#N)c2ccc(OCCCN3CCCC3)cc21.CCn1c(-c2ccc(N3CCOC3=O)cc2)c(C#N)c2ccc(OCCCn3cncn3)cc21. The number of cyclic esters (lactones) is 2. The van der Waals surface area contributed by atoms with Gasteiger partial charge in [-0.2, -0.15) is 26.1 Å². The minimum absolute atomic E-state index is 0.0684. The van der Waals surface area contributed by atoms with Crippen molar-refractivity contribution in [3.8, 4) is 92.3 Å². The highest BCUT2D eigenvalue weighted by Crippen LogP contribution is 2.42. The number of phenols is 1. The average molecular weight is 1750 g/mol. The Balaban J connectivity index is 0.000000133. The van der Waals surface area contributed by atoms with E-state index < -0.39 is 6.09 Å². The van der Waals surface area contributed by atoms with Crippen molar-refractivity contribution in [1.29, 1.82) is 21.0 Å². The van der Waals surface area contributed by atoms with Gasteiger partial charge in [0, 0.05) is 134 Å². The van der Waals surface area contributed by atoms with E-state index in [1.54, 1.807) is 56.0 Å².